The fourth-order valence-corrected chi connectivity index (χ4v) is 8.65. The van der Waals surface area contributed by atoms with Crippen LogP contribution in [0.15, 0.2) is 39.1 Å². The highest BCUT2D eigenvalue weighted by molar-refractivity contribution is 8.06. The summed E-state index contributed by atoms with van der Waals surface area (Å²) in [5.41, 5.74) is 11.6. The first kappa shape index (κ1) is 34.4. The number of nitrogens with zero attached hydrogens (tertiary/aromatic N) is 4. The fourth-order valence-electron chi connectivity index (χ4n) is 4.20. The van der Waals surface area contributed by atoms with Crippen molar-refractivity contribution in [3.8, 4) is 0 Å². The van der Waals surface area contributed by atoms with Crippen molar-refractivity contribution < 1.29 is 34.2 Å². The van der Waals surface area contributed by atoms with Crippen molar-refractivity contribution in [2.45, 2.75) is 40.7 Å². The fraction of sp³-hybridized carbons (Fsp3) is 0.375. The van der Waals surface area contributed by atoms with Gasteiger partial charge in [0.25, 0.3) is 11.8 Å². The number of thioether (sulfide) groups is 3. The number of nitrogen functional groups attached to an aromatic ring is 1. The molecule has 0 aromatic carbocycles. The van der Waals surface area contributed by atoms with E-state index in [4.69, 9.17) is 28.2 Å². The van der Waals surface area contributed by atoms with E-state index in [9.17, 15) is 34.0 Å². The van der Waals surface area contributed by atoms with Gasteiger partial charge in [-0.3, -0.25) is 24.1 Å². The molecule has 2 aliphatic heterocycles. The summed E-state index contributed by atoms with van der Waals surface area (Å²) in [4.78, 5) is 82.1. The number of nitrogens with two attached hydrogens (primary N) is 2. The van der Waals surface area contributed by atoms with Gasteiger partial charge in [0, 0.05) is 34.9 Å². The van der Waals surface area contributed by atoms with Crippen molar-refractivity contribution >= 4 is 93.0 Å². The largest absolute Gasteiger partial charge is 0.481 e. The maximum Gasteiger partial charge on any atom is 0.353 e. The topological polar surface area (TPSA) is 260 Å². The molecule has 45 heavy (non-hydrogen) atoms. The number of carbonyl (C=O) groups is 5. The maximum atomic E-state index is 13.1. The summed E-state index contributed by atoms with van der Waals surface area (Å²) in [5, 5.41) is 26.5. The molecule has 0 bridgehead atoms. The summed E-state index contributed by atoms with van der Waals surface area (Å²) in [6.07, 6.45) is 1.08. The predicted molar refractivity (Wildman–Crippen MR) is 169 cm³/mol. The van der Waals surface area contributed by atoms with Gasteiger partial charge in [-0.2, -0.15) is 11.8 Å². The number of carboxylic acids is 2. The molecule has 2 aromatic rings. The van der Waals surface area contributed by atoms with Gasteiger partial charge < -0.3 is 32.3 Å². The highest BCUT2D eigenvalue weighted by atomic mass is 35.5. The third-order valence-corrected chi connectivity index (χ3v) is 11.0. The van der Waals surface area contributed by atoms with E-state index in [1.807, 2.05) is 6.07 Å². The Kier molecular flexibility index (Phi) is 11.7. The third-order valence-electron chi connectivity index (χ3n) is 6.28. The van der Waals surface area contributed by atoms with Crippen LogP contribution in [0.5, 0.6) is 0 Å². The first-order valence-corrected chi connectivity index (χ1v) is 17.0. The van der Waals surface area contributed by atoms with E-state index < -0.39 is 59.6 Å². The van der Waals surface area contributed by atoms with Crippen LogP contribution in [0, 0.1) is 4.91 Å². The maximum absolute atomic E-state index is 13.1. The minimum atomic E-state index is -1.65. The molecule has 2 aromatic heterocycles. The van der Waals surface area contributed by atoms with Crippen molar-refractivity contribution in [1.82, 2.24) is 25.5 Å². The summed E-state index contributed by atoms with van der Waals surface area (Å²) in [6.45, 7) is 0.259. The Labute approximate surface area is 276 Å². The van der Waals surface area contributed by atoms with Gasteiger partial charge in [-0.15, -0.1) is 16.7 Å². The quantitative estimate of drug-likeness (QED) is 0.0860. The SMILES string of the molecule is Nc1nc(C(N=O)C(=O)N[C@@H]2C(=O)N3C(C(=O)O)=C(Sc4ncccc4CSCCNC(=O)[C@@H](N)CC(=O)O)CS[C@@H]23)c(Cl)s1. The van der Waals surface area contributed by atoms with Crippen LogP contribution in [0.3, 0.4) is 0 Å². The molecule has 4 rings (SSSR count). The van der Waals surface area contributed by atoms with Crippen LogP contribution < -0.4 is 22.1 Å². The van der Waals surface area contributed by atoms with Crippen molar-refractivity contribution in [2.24, 2.45) is 10.9 Å². The number of carbonyl (C=O) groups excluding carboxylic acids is 3. The number of hydrogen-bond donors (Lipinski definition) is 6. The van der Waals surface area contributed by atoms with E-state index in [-0.39, 0.29) is 33.2 Å². The Morgan fingerprint density at radius 3 is 2.67 bits per heavy atom. The van der Waals surface area contributed by atoms with Gasteiger partial charge in [-0.1, -0.05) is 40.8 Å². The monoisotopic (exact) mass is 716 g/mol. The number of halogens is 1. The molecule has 4 heterocycles. The molecule has 16 nitrogen and oxygen atoms in total. The average molecular weight is 717 g/mol. The number of pyridine rings is 1. The Hall–Kier alpha value is -3.43. The zero-order valence-electron chi connectivity index (χ0n) is 22.9. The van der Waals surface area contributed by atoms with Crippen LogP contribution in [-0.2, 0) is 29.7 Å². The highest BCUT2D eigenvalue weighted by Gasteiger charge is 2.55. The number of amides is 3. The predicted octanol–water partition coefficient (Wildman–Crippen LogP) is 1.22. The summed E-state index contributed by atoms with van der Waals surface area (Å²) in [6, 6.07) is -0.345. The van der Waals surface area contributed by atoms with Gasteiger partial charge in [0.05, 0.1) is 12.5 Å². The molecule has 0 radical (unpaired) electrons. The zero-order chi connectivity index (χ0) is 32.8. The second-order valence-corrected chi connectivity index (χ2v) is 14.2. The number of nitroso groups, excluding NO2 is 1. The standard InChI is InChI=1S/C24H25ClN8O8S4/c25-17-13(31-24(27)45-17)14(32-41)19(37)30-15-21(38)33-16(23(39)40)11(8-43-22(15)33)44-20-9(2-1-3-29-20)7-42-5-4-28-18(36)10(26)6-12(34)35/h1-3,10,14-15,22H,4-8,26H2,(H2,27,31)(H,28,36)(H,30,37)(H,34,35)(H,39,40)/t10-,14?,15+,22-/m0/s1. The number of thiazole rings is 1. The lowest BCUT2D eigenvalue weighted by Crippen LogP contribution is -2.70. The highest BCUT2D eigenvalue weighted by Crippen LogP contribution is 2.45. The molecule has 0 saturated carbocycles. The van der Waals surface area contributed by atoms with Crippen LogP contribution in [0.2, 0.25) is 4.34 Å². The van der Waals surface area contributed by atoms with Crippen LogP contribution in [-0.4, -0.2) is 90.2 Å². The summed E-state index contributed by atoms with van der Waals surface area (Å²) in [5.74, 6) is -3.50. The lowest BCUT2D eigenvalue weighted by Gasteiger charge is -2.49. The number of rotatable bonds is 15. The van der Waals surface area contributed by atoms with Gasteiger partial charge >= 0.3 is 11.9 Å². The molecule has 2 aliphatic rings. The molecule has 1 saturated heterocycles. The molecule has 8 N–H and O–H groups in total. The van der Waals surface area contributed by atoms with E-state index in [1.165, 1.54) is 23.5 Å². The first-order valence-electron chi connectivity index (χ1n) is 12.8. The van der Waals surface area contributed by atoms with Crippen LogP contribution >= 0.6 is 58.2 Å². The molecular weight excluding hydrogens is 692 g/mol. The summed E-state index contributed by atoms with van der Waals surface area (Å²) >= 11 is 10.7. The van der Waals surface area contributed by atoms with E-state index in [0.29, 0.717) is 21.4 Å². The molecule has 240 valence electrons. The zero-order valence-corrected chi connectivity index (χ0v) is 26.9. The van der Waals surface area contributed by atoms with Gasteiger partial charge in [0.15, 0.2) is 5.13 Å². The normalized spacial score (nSPS) is 18.8. The van der Waals surface area contributed by atoms with E-state index >= 15 is 0 Å². The van der Waals surface area contributed by atoms with Crippen molar-refractivity contribution in [2.75, 3.05) is 23.8 Å². The van der Waals surface area contributed by atoms with Crippen molar-refractivity contribution in [3.63, 3.8) is 0 Å². The average Bonchev–Trinajstić information content (AvgIpc) is 3.32. The number of hydrogen-bond acceptors (Lipinski definition) is 15. The molecule has 0 spiro atoms. The van der Waals surface area contributed by atoms with Gasteiger partial charge in [-0.05, 0) is 16.8 Å². The Morgan fingerprint density at radius 2 is 2.02 bits per heavy atom. The summed E-state index contributed by atoms with van der Waals surface area (Å²) in [7, 11) is 0. The van der Waals surface area contributed by atoms with E-state index in [0.717, 1.165) is 33.6 Å². The molecule has 21 heteroatoms. The van der Waals surface area contributed by atoms with Gasteiger partial charge in [0.2, 0.25) is 11.9 Å². The van der Waals surface area contributed by atoms with Gasteiger partial charge in [0.1, 0.15) is 32.2 Å². The molecule has 4 atom stereocenters. The minimum Gasteiger partial charge on any atom is -0.481 e. The number of nitrogens with one attached hydrogen (secondary N) is 2. The van der Waals surface area contributed by atoms with E-state index in [1.54, 1.807) is 12.3 Å². The molecule has 1 fully saturated rings. The van der Waals surface area contributed by atoms with Crippen LogP contribution in [0.1, 0.15) is 23.7 Å². The summed E-state index contributed by atoms with van der Waals surface area (Å²) < 4.78 is 0.00962. The number of fused-ring (bicyclic) bond motifs is 1. The number of aliphatic carboxylic acids is 2. The molecule has 0 aliphatic carbocycles. The Balaban J connectivity index is 1.39. The lowest BCUT2D eigenvalue weighted by atomic mass is 10.0. The number of β-lactam (4-membered cyclic amide) rings is 1. The molecule has 1 unspecified atom stereocenters. The van der Waals surface area contributed by atoms with Crippen LogP contribution in [0.25, 0.3) is 0 Å². The minimum absolute atomic E-state index is 0.00962. The van der Waals surface area contributed by atoms with Crippen LogP contribution in [0.4, 0.5) is 5.13 Å². The van der Waals surface area contributed by atoms with E-state index in [2.05, 4.69) is 25.8 Å². The Bertz CT molecular complexity index is 1560. The number of anilines is 1. The molecular formula is C24H25ClN8O8S4. The smallest absolute Gasteiger partial charge is 0.353 e. The van der Waals surface area contributed by atoms with Crippen molar-refractivity contribution in [1.29, 1.82) is 0 Å². The second kappa shape index (κ2) is 15.2. The first-order chi connectivity index (χ1) is 21.4. The lowest BCUT2D eigenvalue weighted by molar-refractivity contribution is -0.150. The molecule has 3 amide bonds. The van der Waals surface area contributed by atoms with Gasteiger partial charge in [-0.25, -0.2) is 14.8 Å². The number of carboxylic acid groups (broad SMARTS) is 2. The second-order valence-electron chi connectivity index (χ2n) is 9.31. The van der Waals surface area contributed by atoms with Crippen molar-refractivity contribution in [3.05, 3.63) is 49.4 Å². The Morgan fingerprint density at radius 1 is 1.27 bits per heavy atom. The number of aromatic nitrogens is 2. The third kappa shape index (κ3) is 8.05.